The first-order valence-corrected chi connectivity index (χ1v) is 7.97. The number of carbonyl (C=O) groups excluding carboxylic acids is 2. The molecule has 7 heteroatoms. The van der Waals surface area contributed by atoms with E-state index in [1.54, 1.807) is 18.2 Å². The molecule has 0 aliphatic heterocycles. The van der Waals surface area contributed by atoms with Crippen molar-refractivity contribution >= 4 is 33.4 Å². The van der Waals surface area contributed by atoms with E-state index >= 15 is 0 Å². The molecule has 0 fully saturated rings. The first-order valence-electron chi connectivity index (χ1n) is 7.15. The Bertz CT molecular complexity index is 858. The van der Waals surface area contributed by atoms with Gasteiger partial charge < -0.3 is 15.2 Å². The lowest BCUT2D eigenvalue weighted by atomic mass is 10.2. The van der Waals surface area contributed by atoms with Crippen molar-refractivity contribution in [2.24, 2.45) is 5.73 Å². The third-order valence-electron chi connectivity index (χ3n) is 3.19. The van der Waals surface area contributed by atoms with E-state index in [9.17, 15) is 9.59 Å². The summed E-state index contributed by atoms with van der Waals surface area (Å²) in [5.74, 6) is -0.913. The van der Waals surface area contributed by atoms with Crippen LogP contribution >= 0.6 is 11.3 Å². The Morgan fingerprint density at radius 1 is 1.08 bits per heavy atom. The van der Waals surface area contributed by atoms with Crippen LogP contribution in [0.5, 0.6) is 5.75 Å². The Morgan fingerprint density at radius 3 is 2.62 bits per heavy atom. The van der Waals surface area contributed by atoms with Crippen molar-refractivity contribution in [3.05, 3.63) is 59.1 Å². The molecule has 24 heavy (non-hydrogen) atoms. The molecule has 0 saturated heterocycles. The molecule has 122 valence electrons. The van der Waals surface area contributed by atoms with Gasteiger partial charge in [0.2, 0.25) is 0 Å². The van der Waals surface area contributed by atoms with E-state index in [-0.39, 0.29) is 24.5 Å². The van der Waals surface area contributed by atoms with Crippen LogP contribution in [0.25, 0.3) is 10.2 Å². The van der Waals surface area contributed by atoms with Gasteiger partial charge in [0.1, 0.15) is 17.4 Å². The van der Waals surface area contributed by atoms with E-state index in [1.807, 2.05) is 24.3 Å². The number of thiazole rings is 1. The van der Waals surface area contributed by atoms with E-state index in [0.29, 0.717) is 5.01 Å². The summed E-state index contributed by atoms with van der Waals surface area (Å²) in [6, 6.07) is 14.2. The fourth-order valence-corrected chi connectivity index (χ4v) is 2.98. The zero-order valence-electron chi connectivity index (χ0n) is 12.6. The van der Waals surface area contributed by atoms with Crippen LogP contribution in [0.3, 0.4) is 0 Å². The number of fused-ring (bicyclic) bond motifs is 1. The van der Waals surface area contributed by atoms with Crippen LogP contribution in [0.4, 0.5) is 0 Å². The van der Waals surface area contributed by atoms with E-state index in [2.05, 4.69) is 4.98 Å². The van der Waals surface area contributed by atoms with Gasteiger partial charge in [-0.25, -0.2) is 9.78 Å². The van der Waals surface area contributed by atoms with Gasteiger partial charge in [-0.2, -0.15) is 0 Å². The van der Waals surface area contributed by atoms with Crippen molar-refractivity contribution in [3.8, 4) is 5.75 Å². The molecule has 6 nitrogen and oxygen atoms in total. The Hall–Kier alpha value is -2.93. The van der Waals surface area contributed by atoms with Crippen LogP contribution in [-0.4, -0.2) is 23.5 Å². The van der Waals surface area contributed by atoms with Gasteiger partial charge in [-0.05, 0) is 24.3 Å². The zero-order valence-corrected chi connectivity index (χ0v) is 13.4. The second kappa shape index (κ2) is 7.10. The van der Waals surface area contributed by atoms with Gasteiger partial charge in [0.05, 0.1) is 15.8 Å². The molecule has 0 atom stereocenters. The number of ether oxygens (including phenoxy) is 2. The minimum Gasteiger partial charge on any atom is -0.481 e. The van der Waals surface area contributed by atoms with Gasteiger partial charge in [0, 0.05) is 0 Å². The number of hydrogen-bond donors (Lipinski definition) is 1. The molecule has 0 radical (unpaired) electrons. The number of esters is 1. The van der Waals surface area contributed by atoms with Gasteiger partial charge in [-0.3, -0.25) is 4.79 Å². The van der Waals surface area contributed by atoms with E-state index in [0.717, 1.165) is 10.2 Å². The molecule has 0 bridgehead atoms. The van der Waals surface area contributed by atoms with Crippen molar-refractivity contribution in [3.63, 3.8) is 0 Å². The average Bonchev–Trinajstić information content (AvgIpc) is 3.01. The van der Waals surface area contributed by atoms with Gasteiger partial charge in [-0.15, -0.1) is 11.3 Å². The van der Waals surface area contributed by atoms with Gasteiger partial charge >= 0.3 is 5.97 Å². The van der Waals surface area contributed by atoms with Gasteiger partial charge in [-0.1, -0.05) is 24.3 Å². The van der Waals surface area contributed by atoms with Crippen molar-refractivity contribution in [2.45, 2.75) is 6.61 Å². The second-order valence-corrected chi connectivity index (χ2v) is 6.00. The molecular weight excluding hydrogens is 328 g/mol. The standard InChI is InChI=1S/C17H14N2O4S/c18-17(21)11-5-1-3-7-13(11)22-10-16(20)23-9-15-19-12-6-2-4-8-14(12)24-15/h1-8H,9-10H2,(H2,18,21). The maximum atomic E-state index is 11.8. The van der Waals surface area contributed by atoms with Crippen LogP contribution < -0.4 is 10.5 Å². The fraction of sp³-hybridized carbons (Fsp3) is 0.118. The number of carbonyl (C=O) groups is 2. The van der Waals surface area contributed by atoms with Crippen molar-refractivity contribution < 1.29 is 19.1 Å². The van der Waals surface area contributed by atoms with Crippen molar-refractivity contribution in [2.75, 3.05) is 6.61 Å². The molecule has 0 aliphatic rings. The Morgan fingerprint density at radius 2 is 1.83 bits per heavy atom. The molecule has 3 aromatic rings. The maximum Gasteiger partial charge on any atom is 0.344 e. The smallest absolute Gasteiger partial charge is 0.344 e. The van der Waals surface area contributed by atoms with Crippen LogP contribution in [0.1, 0.15) is 15.4 Å². The summed E-state index contributed by atoms with van der Waals surface area (Å²) in [7, 11) is 0. The predicted octanol–water partition coefficient (Wildman–Crippen LogP) is 2.52. The summed E-state index contributed by atoms with van der Waals surface area (Å²) < 4.78 is 11.5. The maximum absolute atomic E-state index is 11.8. The average molecular weight is 342 g/mol. The Balaban J connectivity index is 1.55. The number of nitrogens with zero attached hydrogens (tertiary/aromatic N) is 1. The molecule has 0 saturated carbocycles. The monoisotopic (exact) mass is 342 g/mol. The molecule has 2 aromatic carbocycles. The Kier molecular flexibility index (Phi) is 4.72. The molecule has 2 N–H and O–H groups in total. The number of rotatable bonds is 6. The fourth-order valence-electron chi connectivity index (χ4n) is 2.10. The molecule has 3 rings (SSSR count). The molecule has 0 aliphatic carbocycles. The quantitative estimate of drug-likeness (QED) is 0.695. The minimum atomic E-state index is -0.617. The largest absolute Gasteiger partial charge is 0.481 e. The molecular formula is C17H14N2O4S. The van der Waals surface area contributed by atoms with E-state index < -0.39 is 11.9 Å². The molecule has 1 aromatic heterocycles. The molecule has 1 amide bonds. The minimum absolute atomic E-state index is 0.0823. The number of para-hydroxylation sites is 2. The third kappa shape index (κ3) is 3.69. The van der Waals surface area contributed by atoms with E-state index in [1.165, 1.54) is 17.4 Å². The lowest BCUT2D eigenvalue weighted by Gasteiger charge is -2.08. The highest BCUT2D eigenvalue weighted by Crippen LogP contribution is 2.22. The number of amides is 1. The second-order valence-electron chi connectivity index (χ2n) is 4.89. The number of aromatic nitrogens is 1. The SMILES string of the molecule is NC(=O)c1ccccc1OCC(=O)OCc1nc2ccccc2s1. The Labute approximate surface area is 141 Å². The highest BCUT2D eigenvalue weighted by atomic mass is 32.1. The number of benzene rings is 2. The molecule has 0 unspecified atom stereocenters. The van der Waals surface area contributed by atoms with Crippen LogP contribution in [-0.2, 0) is 16.1 Å². The van der Waals surface area contributed by atoms with Crippen molar-refractivity contribution in [1.29, 1.82) is 0 Å². The summed E-state index contributed by atoms with van der Waals surface area (Å²) in [5, 5.41) is 0.710. The summed E-state index contributed by atoms with van der Waals surface area (Å²) in [4.78, 5) is 27.5. The highest BCUT2D eigenvalue weighted by Gasteiger charge is 2.12. The summed E-state index contributed by atoms with van der Waals surface area (Å²) in [6.07, 6.45) is 0. The number of nitrogens with two attached hydrogens (primary N) is 1. The van der Waals surface area contributed by atoms with Crippen molar-refractivity contribution in [1.82, 2.24) is 4.98 Å². The van der Waals surface area contributed by atoms with Crippen LogP contribution in [0.15, 0.2) is 48.5 Å². The normalized spacial score (nSPS) is 10.5. The van der Waals surface area contributed by atoms with E-state index in [4.69, 9.17) is 15.2 Å². The lowest BCUT2D eigenvalue weighted by Crippen LogP contribution is -2.18. The molecule has 0 spiro atoms. The summed E-state index contributed by atoms with van der Waals surface area (Å²) in [5.41, 5.74) is 6.34. The number of primary amides is 1. The lowest BCUT2D eigenvalue weighted by molar-refractivity contribution is -0.147. The summed E-state index contributed by atoms with van der Waals surface area (Å²) >= 11 is 1.47. The van der Waals surface area contributed by atoms with Gasteiger partial charge in [0.25, 0.3) is 5.91 Å². The third-order valence-corrected chi connectivity index (χ3v) is 4.20. The van der Waals surface area contributed by atoms with Crippen LogP contribution in [0.2, 0.25) is 0 Å². The number of hydrogen-bond acceptors (Lipinski definition) is 6. The first kappa shape index (κ1) is 15.9. The summed E-state index contributed by atoms with van der Waals surface area (Å²) in [6.45, 7) is -0.228. The first-order chi connectivity index (χ1) is 11.6. The highest BCUT2D eigenvalue weighted by molar-refractivity contribution is 7.18. The van der Waals surface area contributed by atoms with Crippen LogP contribution in [0, 0.1) is 0 Å². The zero-order chi connectivity index (χ0) is 16.9. The predicted molar refractivity (Wildman–Crippen MR) is 89.9 cm³/mol. The van der Waals surface area contributed by atoms with Gasteiger partial charge in [0.15, 0.2) is 6.61 Å². The topological polar surface area (TPSA) is 91.5 Å². The molecule has 1 heterocycles.